The van der Waals surface area contributed by atoms with Gasteiger partial charge < -0.3 is 24.6 Å². The van der Waals surface area contributed by atoms with Crippen molar-refractivity contribution in [3.63, 3.8) is 0 Å². The summed E-state index contributed by atoms with van der Waals surface area (Å²) < 4.78 is 11.3. The minimum atomic E-state index is -0.447. The Bertz CT molecular complexity index is 1310. The first-order valence-electron chi connectivity index (χ1n) is 16.4. The van der Waals surface area contributed by atoms with Gasteiger partial charge in [0.15, 0.2) is 11.5 Å². The number of hydrogen-bond donors (Lipinski definition) is 2. The predicted octanol–water partition coefficient (Wildman–Crippen LogP) is 7.38. The number of likely N-dealkylation sites (tertiary alicyclic amines) is 2. The van der Waals surface area contributed by atoms with E-state index in [0.717, 1.165) is 50.0 Å². The van der Waals surface area contributed by atoms with Crippen molar-refractivity contribution in [2.24, 2.45) is 11.8 Å². The highest BCUT2D eigenvalue weighted by molar-refractivity contribution is 8.93. The van der Waals surface area contributed by atoms with Crippen molar-refractivity contribution in [2.75, 3.05) is 26.7 Å². The molecule has 0 spiro atoms. The third kappa shape index (κ3) is 7.33. The van der Waals surface area contributed by atoms with E-state index >= 15 is 0 Å². The molecule has 1 amide bonds. The summed E-state index contributed by atoms with van der Waals surface area (Å²) in [7, 11) is 1.75. The molecule has 0 radical (unpaired) electrons. The van der Waals surface area contributed by atoms with Gasteiger partial charge in [0, 0.05) is 24.2 Å². The zero-order valence-corrected chi connectivity index (χ0v) is 29.2. The van der Waals surface area contributed by atoms with E-state index < -0.39 is 5.60 Å². The van der Waals surface area contributed by atoms with E-state index in [2.05, 4.69) is 30.9 Å². The third-order valence-corrected chi connectivity index (χ3v) is 10.00. The van der Waals surface area contributed by atoms with Crippen LogP contribution in [0.25, 0.3) is 0 Å². The number of amides is 1. The van der Waals surface area contributed by atoms with Gasteiger partial charge in [0.25, 0.3) is 0 Å². The second kappa shape index (κ2) is 14.3. The lowest BCUT2D eigenvalue weighted by Crippen LogP contribution is -2.53. The number of methoxy groups -OCH3 is 1. The van der Waals surface area contributed by atoms with E-state index in [1.165, 1.54) is 61.0 Å². The van der Waals surface area contributed by atoms with Crippen LogP contribution in [-0.2, 0) is 30.4 Å². The molecule has 6 rings (SSSR count). The molecule has 4 aliphatic rings. The molecule has 2 N–H and O–H groups in total. The van der Waals surface area contributed by atoms with Gasteiger partial charge in [-0.05, 0) is 139 Å². The monoisotopic (exact) mass is 672 g/mol. The fourth-order valence-electron chi connectivity index (χ4n) is 8.06. The van der Waals surface area contributed by atoms with Crippen LogP contribution in [0, 0.1) is 18.8 Å². The number of phenols is 2. The minimum Gasteiger partial charge on any atom is -0.504 e. The minimum absolute atomic E-state index is 0. The number of ether oxygens (including phenoxy) is 2. The van der Waals surface area contributed by atoms with Crippen LogP contribution >= 0.6 is 17.0 Å². The second-order valence-electron chi connectivity index (χ2n) is 14.1. The Morgan fingerprint density at radius 2 is 1.52 bits per heavy atom. The van der Waals surface area contributed by atoms with Gasteiger partial charge in [-0.2, -0.15) is 0 Å². The molecule has 2 aliphatic heterocycles. The highest BCUT2D eigenvalue weighted by Crippen LogP contribution is 2.42. The van der Waals surface area contributed by atoms with E-state index in [0.29, 0.717) is 17.9 Å². The van der Waals surface area contributed by atoms with Crippen molar-refractivity contribution in [2.45, 2.75) is 110 Å². The number of aromatic hydroxyl groups is 2. The molecule has 2 aromatic rings. The summed E-state index contributed by atoms with van der Waals surface area (Å²) in [6, 6.07) is 8.81. The quantitative estimate of drug-likeness (QED) is 0.331. The molecule has 2 aliphatic carbocycles. The fourth-order valence-corrected chi connectivity index (χ4v) is 8.06. The second-order valence-corrected chi connectivity index (χ2v) is 14.1. The molecular formula is C36H53BrN2O5. The number of nitrogens with zero attached hydrogens (tertiary/aromatic N) is 2. The van der Waals surface area contributed by atoms with E-state index in [1.54, 1.807) is 13.2 Å². The van der Waals surface area contributed by atoms with Crippen LogP contribution in [0.2, 0.25) is 0 Å². The van der Waals surface area contributed by atoms with Gasteiger partial charge in [-0.3, -0.25) is 4.90 Å². The zero-order chi connectivity index (χ0) is 30.9. The maximum Gasteiger partial charge on any atom is 0.410 e. The van der Waals surface area contributed by atoms with Crippen molar-refractivity contribution in [3.05, 3.63) is 52.1 Å². The number of benzene rings is 2. The maximum absolute atomic E-state index is 12.6. The molecule has 244 valence electrons. The first-order chi connectivity index (χ1) is 20.5. The number of rotatable bonds is 3. The van der Waals surface area contributed by atoms with Gasteiger partial charge in [0.05, 0.1) is 7.11 Å². The molecule has 2 saturated heterocycles. The van der Waals surface area contributed by atoms with Crippen molar-refractivity contribution >= 4 is 23.1 Å². The lowest BCUT2D eigenvalue weighted by Gasteiger charge is -2.45. The number of fused-ring (bicyclic) bond motifs is 4. The van der Waals surface area contributed by atoms with Crippen molar-refractivity contribution in [1.29, 1.82) is 0 Å². The Kier molecular flexibility index (Phi) is 11.2. The lowest BCUT2D eigenvalue weighted by molar-refractivity contribution is -0.00144. The SMILES string of the molecule is Br.CCCN1CCC[C@@H]2Cc3c(ccc(O)c3O)C[C@H]21.COc1c(C)ccc2c1C[C@H]1CCCN(C(=O)OC(C)(C)C)[C@@H]1C2. The average Bonchev–Trinajstić information content (AvgIpc) is 2.97. The van der Waals surface area contributed by atoms with E-state index in [9.17, 15) is 15.0 Å². The molecule has 0 aromatic heterocycles. The predicted molar refractivity (Wildman–Crippen MR) is 180 cm³/mol. The Labute approximate surface area is 274 Å². The Morgan fingerprint density at radius 3 is 2.20 bits per heavy atom. The molecule has 0 unspecified atom stereocenters. The molecule has 0 bridgehead atoms. The van der Waals surface area contributed by atoms with Crippen LogP contribution in [0.4, 0.5) is 4.79 Å². The van der Waals surface area contributed by atoms with Crippen LogP contribution in [0.5, 0.6) is 17.2 Å². The van der Waals surface area contributed by atoms with Gasteiger partial charge in [-0.25, -0.2) is 4.79 Å². The van der Waals surface area contributed by atoms with Crippen molar-refractivity contribution in [1.82, 2.24) is 9.80 Å². The van der Waals surface area contributed by atoms with Gasteiger partial charge in [-0.1, -0.05) is 25.1 Å². The maximum atomic E-state index is 12.6. The first kappa shape index (κ1) is 34.4. The topological polar surface area (TPSA) is 82.5 Å². The third-order valence-electron chi connectivity index (χ3n) is 10.00. The molecule has 2 heterocycles. The van der Waals surface area contributed by atoms with Crippen molar-refractivity contribution in [3.8, 4) is 17.2 Å². The molecule has 0 saturated carbocycles. The van der Waals surface area contributed by atoms with Gasteiger partial charge in [0.2, 0.25) is 0 Å². The number of carbonyl (C=O) groups is 1. The number of piperidine rings is 2. The van der Waals surface area contributed by atoms with Gasteiger partial charge >= 0.3 is 6.09 Å². The number of aryl methyl sites for hydroxylation is 1. The normalized spacial score (nSPS) is 24.3. The zero-order valence-electron chi connectivity index (χ0n) is 27.5. The van der Waals surface area contributed by atoms with Crippen LogP contribution in [0.1, 0.15) is 87.6 Å². The average molecular weight is 674 g/mol. The summed E-state index contributed by atoms with van der Waals surface area (Å²) in [5, 5.41) is 19.7. The Hall–Kier alpha value is -2.45. The van der Waals surface area contributed by atoms with Crippen LogP contribution in [0.15, 0.2) is 24.3 Å². The standard InChI is InChI=1S/C20H29NO3.C16H23NO2.BrH/c1-13-8-9-14-12-17-15(11-16(14)18(13)23-5)7-6-10-21(17)19(22)24-20(2,3)4;1-2-7-17-8-3-4-12-9-13-11(10-14(12)17)5-6-15(18)16(13)19;/h8-9,15,17H,6-7,10-12H2,1-5H3;5-6,12,14,18-19H,2-4,7-10H2,1H3;1H/t15-,17-;12-,14-;/m11./s1. The largest absolute Gasteiger partial charge is 0.504 e. The van der Waals surface area contributed by atoms with Gasteiger partial charge in [0.1, 0.15) is 11.4 Å². The molecule has 7 nitrogen and oxygen atoms in total. The van der Waals surface area contributed by atoms with E-state index in [4.69, 9.17) is 9.47 Å². The molecule has 2 aromatic carbocycles. The summed E-state index contributed by atoms with van der Waals surface area (Å²) >= 11 is 0. The molecule has 4 atom stereocenters. The van der Waals surface area contributed by atoms with E-state index in [-0.39, 0.29) is 40.6 Å². The highest BCUT2D eigenvalue weighted by atomic mass is 79.9. The summed E-state index contributed by atoms with van der Waals surface area (Å²) in [5.41, 5.74) is 5.60. The summed E-state index contributed by atoms with van der Waals surface area (Å²) in [6.07, 6.45) is 9.59. The summed E-state index contributed by atoms with van der Waals surface area (Å²) in [6.45, 7) is 13.3. The fraction of sp³-hybridized carbons (Fsp3) is 0.639. The number of halogens is 1. The van der Waals surface area contributed by atoms with Crippen molar-refractivity contribution < 1.29 is 24.5 Å². The Balaban J connectivity index is 0.000000201. The lowest BCUT2D eigenvalue weighted by atomic mass is 9.74. The summed E-state index contributed by atoms with van der Waals surface area (Å²) in [4.78, 5) is 17.2. The first-order valence-corrected chi connectivity index (χ1v) is 16.4. The highest BCUT2D eigenvalue weighted by Gasteiger charge is 2.40. The van der Waals surface area contributed by atoms with Crippen LogP contribution in [0.3, 0.4) is 0 Å². The molecular weight excluding hydrogens is 620 g/mol. The number of carbonyl (C=O) groups excluding carboxylic acids is 1. The number of hydrogen-bond acceptors (Lipinski definition) is 6. The molecule has 2 fully saturated rings. The van der Waals surface area contributed by atoms with Crippen LogP contribution in [-0.4, -0.2) is 70.5 Å². The number of phenolic OH excluding ortho intramolecular Hbond substituents is 2. The smallest absolute Gasteiger partial charge is 0.410 e. The van der Waals surface area contributed by atoms with Gasteiger partial charge in [-0.15, -0.1) is 17.0 Å². The summed E-state index contributed by atoms with van der Waals surface area (Å²) in [5.74, 6) is 2.30. The van der Waals surface area contributed by atoms with E-state index in [1.807, 2.05) is 31.7 Å². The molecule has 8 heteroatoms. The molecule has 44 heavy (non-hydrogen) atoms. The Morgan fingerprint density at radius 1 is 0.909 bits per heavy atom. The van der Waals surface area contributed by atoms with Crippen LogP contribution < -0.4 is 4.74 Å².